The lowest BCUT2D eigenvalue weighted by Gasteiger charge is -2.36. The number of methoxy groups -OCH3 is 2. The van der Waals surface area contributed by atoms with E-state index in [2.05, 4.69) is 9.47 Å². The van der Waals surface area contributed by atoms with Gasteiger partial charge in [0.25, 0.3) is 0 Å². The second kappa shape index (κ2) is 6.51. The molecule has 1 saturated carbocycles. The molecule has 0 aromatic rings. The Balaban J connectivity index is 2.15. The Hall–Kier alpha value is -1.06. The van der Waals surface area contributed by atoms with E-state index in [1.807, 2.05) is 0 Å². The molecule has 92 valence electrons. The molecular formula is C12H20O4. The van der Waals surface area contributed by atoms with Gasteiger partial charge in [-0.3, -0.25) is 9.59 Å². The highest BCUT2D eigenvalue weighted by Gasteiger charge is 2.31. The van der Waals surface area contributed by atoms with Crippen molar-refractivity contribution in [1.29, 1.82) is 0 Å². The van der Waals surface area contributed by atoms with Crippen LogP contribution in [0.3, 0.4) is 0 Å². The summed E-state index contributed by atoms with van der Waals surface area (Å²) in [7, 11) is 2.83. The fourth-order valence-corrected chi connectivity index (χ4v) is 2.21. The lowest BCUT2D eigenvalue weighted by Crippen LogP contribution is -2.27. The van der Waals surface area contributed by atoms with Crippen molar-refractivity contribution in [2.45, 2.75) is 38.5 Å². The summed E-state index contributed by atoms with van der Waals surface area (Å²) in [6, 6.07) is 0. The Morgan fingerprint density at radius 2 is 1.31 bits per heavy atom. The van der Waals surface area contributed by atoms with Crippen molar-refractivity contribution >= 4 is 11.9 Å². The highest BCUT2D eigenvalue weighted by Crippen LogP contribution is 2.40. The first-order chi connectivity index (χ1) is 7.67. The quantitative estimate of drug-likeness (QED) is 0.652. The first-order valence-corrected chi connectivity index (χ1v) is 5.81. The molecule has 0 heterocycles. The van der Waals surface area contributed by atoms with Gasteiger partial charge in [-0.15, -0.1) is 0 Å². The van der Waals surface area contributed by atoms with E-state index in [0.29, 0.717) is 24.7 Å². The van der Waals surface area contributed by atoms with Crippen LogP contribution in [0.2, 0.25) is 0 Å². The third-order valence-electron chi connectivity index (χ3n) is 3.47. The van der Waals surface area contributed by atoms with Gasteiger partial charge in [0, 0.05) is 12.8 Å². The van der Waals surface area contributed by atoms with Crippen LogP contribution >= 0.6 is 0 Å². The number of rotatable bonds is 6. The molecule has 0 saturated heterocycles. The molecule has 16 heavy (non-hydrogen) atoms. The molecule has 0 spiro atoms. The topological polar surface area (TPSA) is 52.6 Å². The van der Waals surface area contributed by atoms with Gasteiger partial charge in [-0.25, -0.2) is 0 Å². The molecule has 0 unspecified atom stereocenters. The van der Waals surface area contributed by atoms with E-state index >= 15 is 0 Å². The molecule has 1 aliphatic rings. The van der Waals surface area contributed by atoms with Crippen molar-refractivity contribution < 1.29 is 19.1 Å². The van der Waals surface area contributed by atoms with E-state index < -0.39 is 0 Å². The summed E-state index contributed by atoms with van der Waals surface area (Å²) in [4.78, 5) is 22.0. The maximum atomic E-state index is 11.0. The minimum absolute atomic E-state index is 0.140. The Kier molecular flexibility index (Phi) is 5.29. The average molecular weight is 228 g/mol. The SMILES string of the molecule is COC(=O)CC[C@@H]1CC[C@H]1CCC(=O)OC. The fourth-order valence-electron chi connectivity index (χ4n) is 2.21. The summed E-state index contributed by atoms with van der Waals surface area (Å²) in [6.45, 7) is 0. The summed E-state index contributed by atoms with van der Waals surface area (Å²) in [5.74, 6) is 0.893. The molecule has 2 atom stereocenters. The molecule has 0 aromatic carbocycles. The zero-order chi connectivity index (χ0) is 12.0. The number of hydrogen-bond acceptors (Lipinski definition) is 4. The van der Waals surface area contributed by atoms with Gasteiger partial charge in [-0.2, -0.15) is 0 Å². The van der Waals surface area contributed by atoms with Crippen molar-refractivity contribution in [3.63, 3.8) is 0 Å². The fraction of sp³-hybridized carbons (Fsp3) is 0.833. The molecule has 0 bridgehead atoms. The van der Waals surface area contributed by atoms with Crippen molar-refractivity contribution in [1.82, 2.24) is 0 Å². The lowest BCUT2D eigenvalue weighted by molar-refractivity contribution is -0.142. The predicted molar refractivity (Wildman–Crippen MR) is 58.7 cm³/mol. The molecule has 0 aromatic heterocycles. The van der Waals surface area contributed by atoms with E-state index in [1.165, 1.54) is 27.1 Å². The van der Waals surface area contributed by atoms with E-state index in [0.717, 1.165) is 12.8 Å². The number of carbonyl (C=O) groups is 2. The van der Waals surface area contributed by atoms with Gasteiger partial charge in [0.15, 0.2) is 0 Å². The van der Waals surface area contributed by atoms with Gasteiger partial charge >= 0.3 is 11.9 Å². The van der Waals surface area contributed by atoms with Crippen molar-refractivity contribution in [2.75, 3.05) is 14.2 Å². The maximum absolute atomic E-state index is 11.0. The van der Waals surface area contributed by atoms with Gasteiger partial charge in [-0.1, -0.05) is 0 Å². The second-order valence-electron chi connectivity index (χ2n) is 4.33. The first kappa shape index (κ1) is 13.0. The Labute approximate surface area is 96.3 Å². The molecule has 1 fully saturated rings. The lowest BCUT2D eigenvalue weighted by atomic mass is 9.69. The number of hydrogen-bond donors (Lipinski definition) is 0. The molecule has 0 N–H and O–H groups in total. The highest BCUT2D eigenvalue weighted by molar-refractivity contribution is 5.69. The highest BCUT2D eigenvalue weighted by atomic mass is 16.5. The summed E-state index contributed by atoms with van der Waals surface area (Å²) < 4.78 is 9.21. The standard InChI is InChI=1S/C12H20O4/c1-15-11(13)7-5-9-3-4-10(9)6-8-12(14)16-2/h9-10H,3-8H2,1-2H3/t9-,10-/m0/s1. The van der Waals surface area contributed by atoms with Crippen LogP contribution in [0.1, 0.15) is 38.5 Å². The van der Waals surface area contributed by atoms with Crippen LogP contribution in [0.15, 0.2) is 0 Å². The largest absolute Gasteiger partial charge is 0.469 e. The van der Waals surface area contributed by atoms with Gasteiger partial charge in [0.1, 0.15) is 0 Å². The van der Waals surface area contributed by atoms with E-state index in [1.54, 1.807) is 0 Å². The minimum Gasteiger partial charge on any atom is -0.469 e. The molecule has 0 amide bonds. The van der Waals surface area contributed by atoms with Crippen LogP contribution in [0.25, 0.3) is 0 Å². The third-order valence-corrected chi connectivity index (χ3v) is 3.47. The van der Waals surface area contributed by atoms with Crippen LogP contribution in [0, 0.1) is 11.8 Å². The molecule has 4 heteroatoms. The third kappa shape index (κ3) is 3.83. The van der Waals surface area contributed by atoms with Crippen LogP contribution in [0.5, 0.6) is 0 Å². The predicted octanol–water partition coefficient (Wildman–Crippen LogP) is 1.92. The molecule has 0 aliphatic heterocycles. The van der Waals surface area contributed by atoms with Crippen LogP contribution in [0.4, 0.5) is 0 Å². The summed E-state index contributed by atoms with van der Waals surface area (Å²) in [5, 5.41) is 0. The molecule has 4 nitrogen and oxygen atoms in total. The van der Waals surface area contributed by atoms with E-state index in [4.69, 9.17) is 0 Å². The molecule has 0 radical (unpaired) electrons. The summed E-state index contributed by atoms with van der Waals surface area (Å²) >= 11 is 0. The van der Waals surface area contributed by atoms with Gasteiger partial charge in [0.2, 0.25) is 0 Å². The Morgan fingerprint density at radius 1 is 0.938 bits per heavy atom. The molecular weight excluding hydrogens is 208 g/mol. The van der Waals surface area contributed by atoms with Gasteiger partial charge in [0.05, 0.1) is 14.2 Å². The average Bonchev–Trinajstić information content (AvgIpc) is 2.27. The second-order valence-corrected chi connectivity index (χ2v) is 4.33. The molecule has 1 rings (SSSR count). The van der Waals surface area contributed by atoms with Crippen molar-refractivity contribution in [3.05, 3.63) is 0 Å². The normalized spacial score (nSPS) is 23.4. The summed E-state index contributed by atoms with van der Waals surface area (Å²) in [6.07, 6.45) is 5.11. The number of carbonyl (C=O) groups excluding carboxylic acids is 2. The molecule has 1 aliphatic carbocycles. The van der Waals surface area contributed by atoms with Gasteiger partial charge < -0.3 is 9.47 Å². The zero-order valence-electron chi connectivity index (χ0n) is 10.0. The van der Waals surface area contributed by atoms with Crippen molar-refractivity contribution in [3.8, 4) is 0 Å². The monoisotopic (exact) mass is 228 g/mol. The van der Waals surface area contributed by atoms with Crippen LogP contribution < -0.4 is 0 Å². The number of esters is 2. The van der Waals surface area contributed by atoms with Crippen molar-refractivity contribution in [2.24, 2.45) is 11.8 Å². The first-order valence-electron chi connectivity index (χ1n) is 5.81. The van der Waals surface area contributed by atoms with Gasteiger partial charge in [-0.05, 0) is 37.5 Å². The smallest absolute Gasteiger partial charge is 0.305 e. The van der Waals surface area contributed by atoms with E-state index in [9.17, 15) is 9.59 Å². The van der Waals surface area contributed by atoms with E-state index in [-0.39, 0.29) is 11.9 Å². The Bertz CT molecular complexity index is 223. The zero-order valence-corrected chi connectivity index (χ0v) is 10.0. The minimum atomic E-state index is -0.140. The van der Waals surface area contributed by atoms with Crippen LogP contribution in [-0.2, 0) is 19.1 Å². The number of ether oxygens (including phenoxy) is 2. The van der Waals surface area contributed by atoms with Crippen LogP contribution in [-0.4, -0.2) is 26.2 Å². The Morgan fingerprint density at radius 3 is 1.56 bits per heavy atom. The summed E-state index contributed by atoms with van der Waals surface area (Å²) in [5.41, 5.74) is 0. The maximum Gasteiger partial charge on any atom is 0.305 e.